The van der Waals surface area contributed by atoms with Crippen molar-refractivity contribution >= 4 is 0 Å². The molecule has 0 fully saturated rings. The van der Waals surface area contributed by atoms with E-state index >= 15 is 0 Å². The first-order valence-electron chi connectivity index (χ1n) is 2.21. The van der Waals surface area contributed by atoms with Gasteiger partial charge in [0.05, 0.1) is 12.1 Å². The smallest absolute Gasteiger partial charge is 0.109 e. The van der Waals surface area contributed by atoms with Crippen molar-refractivity contribution in [2.75, 3.05) is 14.1 Å². The fourth-order valence-electron chi connectivity index (χ4n) is 0.195. The first-order valence-corrected chi connectivity index (χ1v) is 2.21. The molecule has 0 heterocycles. The third kappa shape index (κ3) is 2.08. The highest BCUT2D eigenvalue weighted by atomic mass is 15.1. The minimum absolute atomic E-state index is 0.479. The minimum atomic E-state index is 0.479. The van der Waals surface area contributed by atoms with Crippen LogP contribution in [0.5, 0.6) is 0 Å². The van der Waals surface area contributed by atoms with E-state index in [4.69, 9.17) is 11.0 Å². The fraction of sp³-hybridized carbons (Fsp3) is 0.400. The Morgan fingerprint density at radius 1 is 1.75 bits per heavy atom. The van der Waals surface area contributed by atoms with E-state index in [1.54, 1.807) is 19.0 Å². The van der Waals surface area contributed by atoms with Crippen molar-refractivity contribution in [1.82, 2.24) is 4.90 Å². The van der Waals surface area contributed by atoms with E-state index in [0.717, 1.165) is 0 Å². The van der Waals surface area contributed by atoms with Crippen LogP contribution in [0.4, 0.5) is 0 Å². The Hall–Kier alpha value is -1.17. The zero-order chi connectivity index (χ0) is 6.57. The Balaban J connectivity index is 3.85. The maximum atomic E-state index is 8.05. The average molecular weight is 111 g/mol. The van der Waals surface area contributed by atoms with Crippen molar-refractivity contribution in [1.29, 1.82) is 5.26 Å². The summed E-state index contributed by atoms with van der Waals surface area (Å²) in [6.45, 7) is 0. The lowest BCUT2D eigenvalue weighted by atomic mass is 10.6. The number of nitrogens with zero attached hydrogens (tertiary/aromatic N) is 2. The molecule has 0 aromatic carbocycles. The Kier molecular flexibility index (Phi) is 2.49. The van der Waals surface area contributed by atoms with Crippen LogP contribution in [-0.4, -0.2) is 19.0 Å². The highest BCUT2D eigenvalue weighted by Crippen LogP contribution is 1.83. The molecular weight excluding hydrogens is 102 g/mol. The van der Waals surface area contributed by atoms with Gasteiger partial charge in [0.1, 0.15) is 5.82 Å². The molecular formula is C5H9N3. The molecule has 3 nitrogen and oxygen atoms in total. The number of rotatable bonds is 1. The molecule has 0 aliphatic rings. The molecule has 0 saturated carbocycles. The van der Waals surface area contributed by atoms with Gasteiger partial charge in [0.2, 0.25) is 0 Å². The van der Waals surface area contributed by atoms with Crippen molar-refractivity contribution in [2.24, 2.45) is 5.73 Å². The van der Waals surface area contributed by atoms with E-state index < -0.39 is 0 Å². The van der Waals surface area contributed by atoms with Crippen LogP contribution in [0.3, 0.4) is 0 Å². The fourth-order valence-corrected chi connectivity index (χ4v) is 0.195. The van der Waals surface area contributed by atoms with Gasteiger partial charge in [-0.25, -0.2) is 0 Å². The largest absolute Gasteiger partial charge is 0.385 e. The molecule has 0 aliphatic carbocycles. The van der Waals surface area contributed by atoms with Crippen LogP contribution in [0.1, 0.15) is 0 Å². The van der Waals surface area contributed by atoms with E-state index in [-0.39, 0.29) is 0 Å². The predicted octanol–water partition coefficient (Wildman–Crippen LogP) is -0.128. The van der Waals surface area contributed by atoms with Gasteiger partial charge in [-0.2, -0.15) is 5.26 Å². The molecule has 0 aliphatic heterocycles. The van der Waals surface area contributed by atoms with Crippen LogP contribution >= 0.6 is 0 Å². The summed E-state index contributed by atoms with van der Waals surface area (Å²) in [5.74, 6) is 0.479. The van der Waals surface area contributed by atoms with Crippen LogP contribution < -0.4 is 5.73 Å². The van der Waals surface area contributed by atoms with E-state index in [9.17, 15) is 0 Å². The lowest BCUT2D eigenvalue weighted by Gasteiger charge is -2.09. The van der Waals surface area contributed by atoms with Gasteiger partial charge < -0.3 is 10.6 Å². The molecule has 0 amide bonds. The lowest BCUT2D eigenvalue weighted by molar-refractivity contribution is 0.506. The van der Waals surface area contributed by atoms with Gasteiger partial charge in [0, 0.05) is 14.1 Å². The highest BCUT2D eigenvalue weighted by Gasteiger charge is 1.86. The Bertz CT molecular complexity index is 129. The summed E-state index contributed by atoms with van der Waals surface area (Å²) in [5.41, 5.74) is 5.29. The van der Waals surface area contributed by atoms with Gasteiger partial charge in [0.25, 0.3) is 0 Å². The monoisotopic (exact) mass is 111 g/mol. The molecule has 0 aromatic heterocycles. The first-order chi connectivity index (χ1) is 3.68. The second-order valence-electron chi connectivity index (χ2n) is 1.59. The van der Waals surface area contributed by atoms with Crippen LogP contribution in [-0.2, 0) is 0 Å². The van der Waals surface area contributed by atoms with Gasteiger partial charge in [-0.3, -0.25) is 0 Å². The van der Waals surface area contributed by atoms with Crippen molar-refractivity contribution in [3.8, 4) is 6.07 Å². The van der Waals surface area contributed by atoms with Crippen molar-refractivity contribution in [3.63, 3.8) is 0 Å². The molecule has 0 spiro atoms. The Morgan fingerprint density at radius 2 is 2.25 bits per heavy atom. The molecule has 0 aromatic rings. The number of hydrogen-bond donors (Lipinski definition) is 1. The van der Waals surface area contributed by atoms with Gasteiger partial charge in [-0.05, 0) is 0 Å². The molecule has 8 heavy (non-hydrogen) atoms. The normalized spacial score (nSPS) is 10.4. The van der Waals surface area contributed by atoms with Crippen molar-refractivity contribution in [2.45, 2.75) is 0 Å². The van der Waals surface area contributed by atoms with E-state index in [1.807, 2.05) is 6.07 Å². The van der Waals surface area contributed by atoms with Crippen LogP contribution in [0, 0.1) is 11.3 Å². The van der Waals surface area contributed by atoms with Crippen LogP contribution in [0.2, 0.25) is 0 Å². The SMILES string of the molecule is CN(C)/C(N)=C\C#N. The summed E-state index contributed by atoms with van der Waals surface area (Å²) >= 11 is 0. The molecule has 0 bridgehead atoms. The molecule has 3 heteroatoms. The second kappa shape index (κ2) is 2.92. The zero-order valence-corrected chi connectivity index (χ0v) is 5.05. The van der Waals surface area contributed by atoms with Gasteiger partial charge in [-0.15, -0.1) is 0 Å². The second-order valence-corrected chi connectivity index (χ2v) is 1.59. The number of nitriles is 1. The van der Waals surface area contributed by atoms with Gasteiger partial charge in [-0.1, -0.05) is 0 Å². The topological polar surface area (TPSA) is 53.0 Å². The quantitative estimate of drug-likeness (QED) is 0.479. The molecule has 0 saturated heterocycles. The summed E-state index contributed by atoms with van der Waals surface area (Å²) in [7, 11) is 3.56. The standard InChI is InChI=1S/C5H9N3/c1-8(2)5(7)3-4-6/h3H,7H2,1-2H3/b5-3-. The van der Waals surface area contributed by atoms with E-state index in [1.165, 1.54) is 6.08 Å². The molecule has 0 unspecified atom stereocenters. The Labute approximate surface area is 49.0 Å². The summed E-state index contributed by atoms with van der Waals surface area (Å²) in [6.07, 6.45) is 1.29. The Morgan fingerprint density at radius 3 is 2.38 bits per heavy atom. The van der Waals surface area contributed by atoms with Crippen LogP contribution in [0.15, 0.2) is 11.9 Å². The number of allylic oxidation sites excluding steroid dienone is 1. The molecule has 0 rings (SSSR count). The number of nitrogens with two attached hydrogens (primary N) is 1. The summed E-state index contributed by atoms with van der Waals surface area (Å²) < 4.78 is 0. The van der Waals surface area contributed by atoms with E-state index in [0.29, 0.717) is 5.82 Å². The first kappa shape index (κ1) is 6.83. The third-order valence-electron chi connectivity index (χ3n) is 0.729. The van der Waals surface area contributed by atoms with Crippen LogP contribution in [0.25, 0.3) is 0 Å². The lowest BCUT2D eigenvalue weighted by Crippen LogP contribution is -2.17. The molecule has 44 valence electrons. The van der Waals surface area contributed by atoms with Crippen molar-refractivity contribution in [3.05, 3.63) is 11.9 Å². The molecule has 2 N–H and O–H groups in total. The van der Waals surface area contributed by atoms with E-state index in [2.05, 4.69) is 0 Å². The average Bonchev–Trinajstić information content (AvgIpc) is 1.67. The highest BCUT2D eigenvalue weighted by molar-refractivity contribution is 5.08. The third-order valence-corrected chi connectivity index (χ3v) is 0.729. The molecule has 0 radical (unpaired) electrons. The molecule has 0 atom stereocenters. The summed E-state index contributed by atoms with van der Waals surface area (Å²) in [5, 5.41) is 8.05. The predicted molar refractivity (Wildman–Crippen MR) is 31.6 cm³/mol. The maximum Gasteiger partial charge on any atom is 0.109 e. The minimum Gasteiger partial charge on any atom is -0.385 e. The zero-order valence-electron chi connectivity index (χ0n) is 5.05. The summed E-state index contributed by atoms with van der Waals surface area (Å²) in [6, 6.07) is 1.82. The van der Waals surface area contributed by atoms with Gasteiger partial charge in [0.15, 0.2) is 0 Å². The van der Waals surface area contributed by atoms with Crippen molar-refractivity contribution < 1.29 is 0 Å². The number of hydrogen-bond acceptors (Lipinski definition) is 3. The van der Waals surface area contributed by atoms with Gasteiger partial charge >= 0.3 is 0 Å². The summed E-state index contributed by atoms with van der Waals surface area (Å²) in [4.78, 5) is 1.67. The maximum absolute atomic E-state index is 8.05.